The number of nitrogens with zero attached hydrogens (tertiary/aromatic N) is 1. The van der Waals surface area contributed by atoms with Crippen LogP contribution in [0.15, 0.2) is 0 Å². The minimum absolute atomic E-state index is 0.329. The minimum atomic E-state index is 0.329. The van der Waals surface area contributed by atoms with Gasteiger partial charge in [-0.3, -0.25) is 4.90 Å². The molecule has 0 amide bonds. The third-order valence-electron chi connectivity index (χ3n) is 3.73. The van der Waals surface area contributed by atoms with E-state index in [1.54, 1.807) is 0 Å². The van der Waals surface area contributed by atoms with Gasteiger partial charge in [-0.05, 0) is 31.6 Å². The van der Waals surface area contributed by atoms with Gasteiger partial charge in [0.15, 0.2) is 0 Å². The first-order valence-electron chi connectivity index (χ1n) is 6.88. The molecule has 2 rings (SSSR count). The van der Waals surface area contributed by atoms with Crippen molar-refractivity contribution in [3.63, 3.8) is 0 Å². The molecule has 1 aliphatic carbocycles. The standard InChI is InChI=1S/C13H27N3/c1-10(2)7-11(14)8-15-12-5-6-16(9-12)13-3-4-13/h10-13,15H,3-9,14H2,1-2H3. The van der Waals surface area contributed by atoms with Crippen LogP contribution in [0.1, 0.15) is 39.5 Å². The molecule has 0 spiro atoms. The third kappa shape index (κ3) is 3.72. The Bertz CT molecular complexity index is 213. The van der Waals surface area contributed by atoms with Crippen LogP contribution in [0.4, 0.5) is 0 Å². The van der Waals surface area contributed by atoms with Gasteiger partial charge in [0, 0.05) is 37.8 Å². The van der Waals surface area contributed by atoms with E-state index in [-0.39, 0.29) is 0 Å². The Morgan fingerprint density at radius 3 is 2.69 bits per heavy atom. The average molecular weight is 225 g/mol. The van der Waals surface area contributed by atoms with Crippen molar-refractivity contribution in [2.45, 2.75) is 57.7 Å². The summed E-state index contributed by atoms with van der Waals surface area (Å²) in [5.41, 5.74) is 6.08. The predicted octanol–water partition coefficient (Wildman–Crippen LogP) is 1.19. The molecule has 0 aromatic rings. The molecule has 0 aromatic carbocycles. The second kappa shape index (κ2) is 5.48. The minimum Gasteiger partial charge on any atom is -0.327 e. The average Bonchev–Trinajstić information content (AvgIpc) is 2.94. The highest BCUT2D eigenvalue weighted by Gasteiger charge is 2.34. The van der Waals surface area contributed by atoms with Crippen LogP contribution >= 0.6 is 0 Å². The number of likely N-dealkylation sites (tertiary alicyclic amines) is 1. The summed E-state index contributed by atoms with van der Waals surface area (Å²) < 4.78 is 0. The summed E-state index contributed by atoms with van der Waals surface area (Å²) >= 11 is 0. The van der Waals surface area contributed by atoms with E-state index in [4.69, 9.17) is 5.73 Å². The topological polar surface area (TPSA) is 41.3 Å². The van der Waals surface area contributed by atoms with Gasteiger partial charge in [-0.25, -0.2) is 0 Å². The number of hydrogen-bond donors (Lipinski definition) is 2. The van der Waals surface area contributed by atoms with Crippen molar-refractivity contribution in [2.24, 2.45) is 11.7 Å². The summed E-state index contributed by atoms with van der Waals surface area (Å²) in [4.78, 5) is 2.64. The first kappa shape index (κ1) is 12.3. The van der Waals surface area contributed by atoms with Gasteiger partial charge < -0.3 is 11.1 Å². The lowest BCUT2D eigenvalue weighted by molar-refractivity contribution is 0.315. The lowest BCUT2D eigenvalue weighted by atomic mass is 10.0. The van der Waals surface area contributed by atoms with Crippen molar-refractivity contribution < 1.29 is 0 Å². The molecule has 3 N–H and O–H groups in total. The van der Waals surface area contributed by atoms with Crippen LogP contribution in [-0.2, 0) is 0 Å². The third-order valence-corrected chi connectivity index (χ3v) is 3.73. The molecule has 2 fully saturated rings. The van der Waals surface area contributed by atoms with Crippen LogP contribution in [0.5, 0.6) is 0 Å². The van der Waals surface area contributed by atoms with Gasteiger partial charge in [0.1, 0.15) is 0 Å². The Labute approximate surface area is 99.8 Å². The van der Waals surface area contributed by atoms with Crippen LogP contribution in [-0.4, -0.2) is 42.7 Å². The number of hydrogen-bond acceptors (Lipinski definition) is 3. The monoisotopic (exact) mass is 225 g/mol. The highest BCUT2D eigenvalue weighted by atomic mass is 15.2. The molecule has 0 radical (unpaired) electrons. The molecule has 3 nitrogen and oxygen atoms in total. The van der Waals surface area contributed by atoms with Crippen LogP contribution in [0.3, 0.4) is 0 Å². The van der Waals surface area contributed by atoms with E-state index in [0.717, 1.165) is 19.0 Å². The molecule has 0 aromatic heterocycles. The van der Waals surface area contributed by atoms with Gasteiger partial charge in [-0.15, -0.1) is 0 Å². The van der Waals surface area contributed by atoms with Crippen LogP contribution < -0.4 is 11.1 Å². The van der Waals surface area contributed by atoms with Gasteiger partial charge in [0.05, 0.1) is 0 Å². The highest BCUT2D eigenvalue weighted by Crippen LogP contribution is 2.29. The SMILES string of the molecule is CC(C)CC(N)CNC1CCN(C2CC2)C1. The van der Waals surface area contributed by atoms with Gasteiger partial charge in [0.25, 0.3) is 0 Å². The lowest BCUT2D eigenvalue weighted by Crippen LogP contribution is -2.41. The van der Waals surface area contributed by atoms with Crippen molar-refractivity contribution in [3.05, 3.63) is 0 Å². The largest absolute Gasteiger partial charge is 0.327 e. The molecule has 1 aliphatic heterocycles. The molecule has 2 unspecified atom stereocenters. The van der Waals surface area contributed by atoms with Crippen molar-refractivity contribution in [3.8, 4) is 0 Å². The van der Waals surface area contributed by atoms with E-state index >= 15 is 0 Å². The molecule has 2 atom stereocenters. The second-order valence-corrected chi connectivity index (χ2v) is 6.01. The zero-order valence-electron chi connectivity index (χ0n) is 10.8. The fraction of sp³-hybridized carbons (Fsp3) is 1.00. The molecule has 0 bridgehead atoms. The molecule has 1 saturated heterocycles. The van der Waals surface area contributed by atoms with E-state index in [9.17, 15) is 0 Å². The van der Waals surface area contributed by atoms with Crippen LogP contribution in [0.25, 0.3) is 0 Å². The maximum Gasteiger partial charge on any atom is 0.0207 e. The van der Waals surface area contributed by atoms with Gasteiger partial charge >= 0.3 is 0 Å². The van der Waals surface area contributed by atoms with E-state index in [1.807, 2.05) is 0 Å². The Morgan fingerprint density at radius 2 is 2.06 bits per heavy atom. The Morgan fingerprint density at radius 1 is 1.31 bits per heavy atom. The van der Waals surface area contributed by atoms with E-state index < -0.39 is 0 Å². The summed E-state index contributed by atoms with van der Waals surface area (Å²) in [6.45, 7) is 8.01. The lowest BCUT2D eigenvalue weighted by Gasteiger charge is -2.19. The van der Waals surface area contributed by atoms with Crippen molar-refractivity contribution in [1.29, 1.82) is 0 Å². The van der Waals surface area contributed by atoms with Gasteiger partial charge in [-0.1, -0.05) is 13.8 Å². The number of rotatable bonds is 6. The fourth-order valence-corrected chi connectivity index (χ4v) is 2.73. The predicted molar refractivity (Wildman–Crippen MR) is 68.4 cm³/mol. The highest BCUT2D eigenvalue weighted by molar-refractivity contribution is 4.92. The van der Waals surface area contributed by atoms with E-state index in [1.165, 1.54) is 32.4 Å². The summed E-state index contributed by atoms with van der Waals surface area (Å²) in [5, 5.41) is 3.63. The molecule has 3 heteroatoms. The number of nitrogens with one attached hydrogen (secondary N) is 1. The Balaban J connectivity index is 1.59. The molecular formula is C13H27N3. The smallest absolute Gasteiger partial charge is 0.0207 e. The second-order valence-electron chi connectivity index (χ2n) is 6.01. The number of nitrogens with two attached hydrogens (primary N) is 1. The molecule has 1 heterocycles. The van der Waals surface area contributed by atoms with E-state index in [2.05, 4.69) is 24.1 Å². The molecule has 94 valence electrons. The van der Waals surface area contributed by atoms with Crippen molar-refractivity contribution >= 4 is 0 Å². The Kier molecular flexibility index (Phi) is 4.22. The van der Waals surface area contributed by atoms with Gasteiger partial charge in [-0.2, -0.15) is 0 Å². The quantitative estimate of drug-likeness (QED) is 0.713. The first-order chi connectivity index (χ1) is 7.65. The maximum absolute atomic E-state index is 6.08. The fourth-order valence-electron chi connectivity index (χ4n) is 2.73. The van der Waals surface area contributed by atoms with Crippen LogP contribution in [0, 0.1) is 5.92 Å². The van der Waals surface area contributed by atoms with Crippen molar-refractivity contribution in [1.82, 2.24) is 10.2 Å². The Hall–Kier alpha value is -0.120. The van der Waals surface area contributed by atoms with Gasteiger partial charge in [0.2, 0.25) is 0 Å². The zero-order valence-corrected chi connectivity index (χ0v) is 10.8. The summed E-state index contributed by atoms with van der Waals surface area (Å²) in [6.07, 6.45) is 5.30. The molecular weight excluding hydrogens is 198 g/mol. The molecule has 16 heavy (non-hydrogen) atoms. The van der Waals surface area contributed by atoms with Crippen LogP contribution in [0.2, 0.25) is 0 Å². The first-order valence-corrected chi connectivity index (χ1v) is 6.88. The van der Waals surface area contributed by atoms with Crippen molar-refractivity contribution in [2.75, 3.05) is 19.6 Å². The van der Waals surface area contributed by atoms with E-state index in [0.29, 0.717) is 18.0 Å². The summed E-state index contributed by atoms with van der Waals surface area (Å²) in [7, 11) is 0. The maximum atomic E-state index is 6.08. The summed E-state index contributed by atoms with van der Waals surface area (Å²) in [5.74, 6) is 0.711. The zero-order chi connectivity index (χ0) is 11.5. The molecule has 2 aliphatic rings. The molecule has 1 saturated carbocycles. The normalized spacial score (nSPS) is 28.9. The summed E-state index contributed by atoms with van der Waals surface area (Å²) in [6, 6.07) is 1.95.